The summed E-state index contributed by atoms with van der Waals surface area (Å²) in [6, 6.07) is 9.41. The van der Waals surface area contributed by atoms with E-state index in [4.69, 9.17) is 15.9 Å². The number of nitrogens with two attached hydrogens (primary N) is 1. The molecule has 2 rings (SSSR count). The van der Waals surface area contributed by atoms with Gasteiger partial charge >= 0.3 is 6.01 Å². The first kappa shape index (κ1) is 12.0. The first-order chi connectivity index (χ1) is 8.54. The summed E-state index contributed by atoms with van der Waals surface area (Å²) in [6.45, 7) is 3.80. The van der Waals surface area contributed by atoms with E-state index in [1.807, 2.05) is 31.2 Å². The molecule has 0 aliphatic heterocycles. The van der Waals surface area contributed by atoms with Gasteiger partial charge in [0.2, 0.25) is 0 Å². The van der Waals surface area contributed by atoms with Crippen molar-refractivity contribution in [2.24, 2.45) is 5.73 Å². The molecule has 0 radical (unpaired) electrons. The fourth-order valence-electron chi connectivity index (χ4n) is 1.44. The van der Waals surface area contributed by atoms with E-state index in [2.05, 4.69) is 9.97 Å². The molecule has 0 saturated heterocycles. The number of hydrogen-bond acceptors (Lipinski definition) is 4. The van der Waals surface area contributed by atoms with Crippen LogP contribution >= 0.6 is 0 Å². The maximum Gasteiger partial charge on any atom is 0.322 e. The van der Waals surface area contributed by atoms with Gasteiger partial charge in [-0.15, -0.1) is 0 Å². The van der Waals surface area contributed by atoms with E-state index in [9.17, 15) is 0 Å². The van der Waals surface area contributed by atoms with Crippen LogP contribution in [0.5, 0.6) is 11.8 Å². The van der Waals surface area contributed by atoms with Gasteiger partial charge in [0.05, 0.1) is 0 Å². The van der Waals surface area contributed by atoms with Crippen molar-refractivity contribution in [1.29, 1.82) is 5.41 Å². The van der Waals surface area contributed by atoms with Crippen LogP contribution in [0.25, 0.3) is 0 Å². The van der Waals surface area contributed by atoms with Gasteiger partial charge in [0.25, 0.3) is 0 Å². The summed E-state index contributed by atoms with van der Waals surface area (Å²) in [5.41, 5.74) is 7.62. The van der Waals surface area contributed by atoms with Crippen molar-refractivity contribution >= 4 is 5.84 Å². The van der Waals surface area contributed by atoms with E-state index in [0.717, 1.165) is 5.56 Å². The van der Waals surface area contributed by atoms with E-state index in [-0.39, 0.29) is 11.8 Å². The maximum atomic E-state index is 7.37. The Morgan fingerprint density at radius 1 is 1.17 bits per heavy atom. The Balaban J connectivity index is 2.28. The number of benzene rings is 1. The molecule has 0 atom stereocenters. The smallest absolute Gasteiger partial charge is 0.322 e. The van der Waals surface area contributed by atoms with Crippen LogP contribution in [0.4, 0.5) is 0 Å². The third-order valence-corrected chi connectivity index (χ3v) is 2.34. The molecule has 0 aliphatic carbocycles. The topological polar surface area (TPSA) is 84.9 Å². The molecule has 5 nitrogen and oxygen atoms in total. The quantitative estimate of drug-likeness (QED) is 0.638. The SMILES string of the molecule is Cc1ccc(Oc2nc(C)cc(C(=N)N)n2)cc1. The molecule has 1 aromatic carbocycles. The summed E-state index contributed by atoms with van der Waals surface area (Å²) in [7, 11) is 0. The monoisotopic (exact) mass is 242 g/mol. The van der Waals surface area contributed by atoms with E-state index in [1.165, 1.54) is 0 Å². The second-order valence-electron chi connectivity index (χ2n) is 4.01. The summed E-state index contributed by atoms with van der Waals surface area (Å²) in [5.74, 6) is 0.551. The Morgan fingerprint density at radius 3 is 2.44 bits per heavy atom. The highest BCUT2D eigenvalue weighted by Crippen LogP contribution is 2.18. The lowest BCUT2D eigenvalue weighted by Gasteiger charge is -2.06. The predicted molar refractivity (Wildman–Crippen MR) is 69.0 cm³/mol. The van der Waals surface area contributed by atoms with E-state index < -0.39 is 0 Å². The molecule has 0 unspecified atom stereocenters. The van der Waals surface area contributed by atoms with Crippen molar-refractivity contribution < 1.29 is 4.74 Å². The Hall–Kier alpha value is -2.43. The van der Waals surface area contributed by atoms with E-state index >= 15 is 0 Å². The average Bonchev–Trinajstić information content (AvgIpc) is 2.31. The van der Waals surface area contributed by atoms with E-state index in [1.54, 1.807) is 13.0 Å². The second kappa shape index (κ2) is 4.83. The van der Waals surface area contributed by atoms with Crippen LogP contribution in [0.2, 0.25) is 0 Å². The molecule has 1 heterocycles. The fourth-order valence-corrected chi connectivity index (χ4v) is 1.44. The van der Waals surface area contributed by atoms with Gasteiger partial charge in [0.1, 0.15) is 17.3 Å². The van der Waals surface area contributed by atoms with Gasteiger partial charge in [0, 0.05) is 5.69 Å². The van der Waals surface area contributed by atoms with Crippen molar-refractivity contribution in [3.63, 3.8) is 0 Å². The van der Waals surface area contributed by atoms with Gasteiger partial charge in [-0.1, -0.05) is 17.7 Å². The zero-order valence-corrected chi connectivity index (χ0v) is 10.3. The highest BCUT2D eigenvalue weighted by molar-refractivity contribution is 5.93. The number of aryl methyl sites for hydroxylation is 2. The lowest BCUT2D eigenvalue weighted by atomic mass is 10.2. The molecular weight excluding hydrogens is 228 g/mol. The molecule has 0 bridgehead atoms. The number of ether oxygens (including phenoxy) is 1. The van der Waals surface area contributed by atoms with Crippen molar-refractivity contribution in [3.05, 3.63) is 47.3 Å². The van der Waals surface area contributed by atoms with Gasteiger partial charge in [-0.05, 0) is 32.0 Å². The Labute approximate surface area is 105 Å². The second-order valence-corrected chi connectivity index (χ2v) is 4.01. The average molecular weight is 242 g/mol. The van der Waals surface area contributed by atoms with Gasteiger partial charge in [-0.25, -0.2) is 4.98 Å². The molecule has 92 valence electrons. The summed E-state index contributed by atoms with van der Waals surface area (Å²) in [4.78, 5) is 8.22. The molecular formula is C13H14N4O. The van der Waals surface area contributed by atoms with Crippen molar-refractivity contribution in [2.75, 3.05) is 0 Å². The van der Waals surface area contributed by atoms with Crippen LogP contribution in [0.15, 0.2) is 30.3 Å². The van der Waals surface area contributed by atoms with Crippen molar-refractivity contribution in [2.45, 2.75) is 13.8 Å². The summed E-state index contributed by atoms with van der Waals surface area (Å²) >= 11 is 0. The molecule has 0 fully saturated rings. The minimum absolute atomic E-state index is 0.103. The van der Waals surface area contributed by atoms with Crippen LogP contribution in [-0.2, 0) is 0 Å². The van der Waals surface area contributed by atoms with Crippen LogP contribution in [0.3, 0.4) is 0 Å². The zero-order valence-electron chi connectivity index (χ0n) is 10.3. The first-order valence-electron chi connectivity index (χ1n) is 5.49. The number of nitrogens with one attached hydrogen (secondary N) is 1. The van der Waals surface area contributed by atoms with E-state index in [0.29, 0.717) is 17.1 Å². The Morgan fingerprint density at radius 2 is 1.83 bits per heavy atom. The minimum Gasteiger partial charge on any atom is -0.424 e. The number of nitrogens with zero attached hydrogens (tertiary/aromatic N) is 2. The number of amidine groups is 1. The molecule has 1 aromatic heterocycles. The number of aromatic nitrogens is 2. The van der Waals surface area contributed by atoms with Crippen LogP contribution in [0.1, 0.15) is 17.0 Å². The van der Waals surface area contributed by atoms with Crippen LogP contribution in [0, 0.1) is 19.3 Å². The summed E-state index contributed by atoms with van der Waals surface area (Å²) in [5, 5.41) is 7.37. The van der Waals surface area contributed by atoms with Crippen LogP contribution in [-0.4, -0.2) is 15.8 Å². The number of rotatable bonds is 3. The normalized spacial score (nSPS) is 10.1. The molecule has 5 heteroatoms. The molecule has 0 saturated carbocycles. The lowest BCUT2D eigenvalue weighted by Crippen LogP contribution is -2.14. The predicted octanol–water partition coefficient (Wildman–Crippen LogP) is 2.17. The number of hydrogen-bond donors (Lipinski definition) is 2. The minimum atomic E-state index is -0.103. The van der Waals surface area contributed by atoms with Crippen molar-refractivity contribution in [3.8, 4) is 11.8 Å². The van der Waals surface area contributed by atoms with Gasteiger partial charge < -0.3 is 10.5 Å². The molecule has 2 aromatic rings. The molecule has 3 N–H and O–H groups in total. The van der Waals surface area contributed by atoms with Crippen molar-refractivity contribution in [1.82, 2.24) is 9.97 Å². The third kappa shape index (κ3) is 2.82. The molecule has 0 aliphatic rings. The summed E-state index contributed by atoms with van der Waals surface area (Å²) in [6.07, 6.45) is 0. The molecule has 0 amide bonds. The number of nitrogen functional groups attached to an aromatic ring is 1. The zero-order chi connectivity index (χ0) is 13.1. The van der Waals surface area contributed by atoms with Gasteiger partial charge in [-0.2, -0.15) is 4.98 Å². The van der Waals surface area contributed by atoms with Gasteiger partial charge in [0.15, 0.2) is 0 Å². The Kier molecular flexibility index (Phi) is 3.23. The molecule has 18 heavy (non-hydrogen) atoms. The largest absolute Gasteiger partial charge is 0.424 e. The standard InChI is InChI=1S/C13H14N4O/c1-8-3-5-10(6-4-8)18-13-16-9(2)7-11(17-13)12(14)15/h3-7H,1-2H3,(H3,14,15). The van der Waals surface area contributed by atoms with Crippen LogP contribution < -0.4 is 10.5 Å². The third-order valence-electron chi connectivity index (χ3n) is 2.34. The molecule has 0 spiro atoms. The highest BCUT2D eigenvalue weighted by Gasteiger charge is 2.06. The lowest BCUT2D eigenvalue weighted by molar-refractivity contribution is 0.440. The highest BCUT2D eigenvalue weighted by atomic mass is 16.5. The summed E-state index contributed by atoms with van der Waals surface area (Å²) < 4.78 is 5.53. The maximum absolute atomic E-state index is 7.37. The Bertz CT molecular complexity index is 578. The van der Waals surface area contributed by atoms with Gasteiger partial charge in [-0.3, -0.25) is 5.41 Å². The first-order valence-corrected chi connectivity index (χ1v) is 5.49. The fraction of sp³-hybridized carbons (Fsp3) is 0.154.